The lowest BCUT2D eigenvalue weighted by Crippen LogP contribution is -2.11. The maximum absolute atomic E-state index is 4.07. The second-order valence-corrected chi connectivity index (χ2v) is 5.92. The third-order valence-electron chi connectivity index (χ3n) is 3.15. The van der Waals surface area contributed by atoms with Gasteiger partial charge in [-0.05, 0) is 30.5 Å². The van der Waals surface area contributed by atoms with Crippen LogP contribution in [0.25, 0.3) is 6.08 Å². The SMILES string of the molecule is C=Nc1[nH]cc(C(C)(C)C)c1/C=C(\C)C(C)C. The van der Waals surface area contributed by atoms with Crippen LogP contribution in [0.5, 0.6) is 0 Å². The first-order chi connectivity index (χ1) is 7.77. The summed E-state index contributed by atoms with van der Waals surface area (Å²) >= 11 is 0. The van der Waals surface area contributed by atoms with Crippen LogP contribution in [-0.2, 0) is 5.41 Å². The molecule has 0 atom stereocenters. The minimum Gasteiger partial charge on any atom is -0.346 e. The molecule has 0 fully saturated rings. The number of nitrogens with one attached hydrogen (secondary N) is 1. The Morgan fingerprint density at radius 2 is 2.00 bits per heavy atom. The highest BCUT2D eigenvalue weighted by molar-refractivity contribution is 5.69. The van der Waals surface area contributed by atoms with Gasteiger partial charge in [0, 0.05) is 11.8 Å². The van der Waals surface area contributed by atoms with Gasteiger partial charge < -0.3 is 4.98 Å². The van der Waals surface area contributed by atoms with Gasteiger partial charge in [-0.3, -0.25) is 0 Å². The van der Waals surface area contributed by atoms with Crippen LogP contribution in [0.1, 0.15) is 52.7 Å². The molecule has 2 nitrogen and oxygen atoms in total. The van der Waals surface area contributed by atoms with Gasteiger partial charge in [0.15, 0.2) is 0 Å². The zero-order valence-electron chi connectivity index (χ0n) is 11.9. The van der Waals surface area contributed by atoms with Crippen LogP contribution in [0.2, 0.25) is 0 Å². The molecular formula is C15H24N2. The predicted octanol–water partition coefficient (Wildman–Crippen LogP) is 4.70. The van der Waals surface area contributed by atoms with Crippen molar-refractivity contribution < 1.29 is 0 Å². The van der Waals surface area contributed by atoms with Gasteiger partial charge in [-0.2, -0.15) is 0 Å². The van der Waals surface area contributed by atoms with E-state index in [1.807, 2.05) is 6.20 Å². The van der Waals surface area contributed by atoms with E-state index in [2.05, 4.69) is 64.3 Å². The quantitative estimate of drug-likeness (QED) is 0.731. The smallest absolute Gasteiger partial charge is 0.136 e. The normalized spacial score (nSPS) is 13.2. The molecule has 1 heterocycles. The molecule has 1 N–H and O–H groups in total. The van der Waals surface area contributed by atoms with Crippen LogP contribution in [0.3, 0.4) is 0 Å². The van der Waals surface area contributed by atoms with E-state index in [-0.39, 0.29) is 5.41 Å². The Morgan fingerprint density at radius 1 is 1.41 bits per heavy atom. The molecule has 2 heteroatoms. The first-order valence-corrected chi connectivity index (χ1v) is 6.14. The number of nitrogens with zero attached hydrogens (tertiary/aromatic N) is 1. The highest BCUT2D eigenvalue weighted by atomic mass is 14.9. The van der Waals surface area contributed by atoms with Crippen LogP contribution in [0.15, 0.2) is 16.8 Å². The molecule has 0 spiro atoms. The van der Waals surface area contributed by atoms with Crippen LogP contribution in [0.4, 0.5) is 5.82 Å². The third kappa shape index (κ3) is 3.09. The molecule has 0 aromatic carbocycles. The number of aliphatic imine (C=N–C) groups is 1. The number of allylic oxidation sites excluding steroid dienone is 1. The molecule has 0 aliphatic rings. The molecule has 0 amide bonds. The molecule has 0 aliphatic carbocycles. The lowest BCUT2D eigenvalue weighted by molar-refractivity contribution is 0.590. The lowest BCUT2D eigenvalue weighted by atomic mass is 9.85. The Balaban J connectivity index is 3.34. The van der Waals surface area contributed by atoms with Crippen molar-refractivity contribution >= 4 is 18.6 Å². The van der Waals surface area contributed by atoms with Crippen LogP contribution >= 0.6 is 0 Å². The summed E-state index contributed by atoms with van der Waals surface area (Å²) in [6, 6.07) is 0. The van der Waals surface area contributed by atoms with Gasteiger partial charge >= 0.3 is 0 Å². The summed E-state index contributed by atoms with van der Waals surface area (Å²) in [7, 11) is 0. The largest absolute Gasteiger partial charge is 0.346 e. The molecule has 1 rings (SSSR count). The summed E-state index contributed by atoms with van der Waals surface area (Å²) in [5.74, 6) is 1.42. The molecule has 0 unspecified atom stereocenters. The number of hydrogen-bond acceptors (Lipinski definition) is 1. The molecule has 0 saturated heterocycles. The van der Waals surface area contributed by atoms with Gasteiger partial charge in [0.05, 0.1) is 0 Å². The van der Waals surface area contributed by atoms with Crippen molar-refractivity contribution in [2.75, 3.05) is 0 Å². The fraction of sp³-hybridized carbons (Fsp3) is 0.533. The van der Waals surface area contributed by atoms with Gasteiger partial charge in [-0.15, -0.1) is 0 Å². The summed E-state index contributed by atoms with van der Waals surface area (Å²) in [4.78, 5) is 7.27. The van der Waals surface area contributed by atoms with Crippen molar-refractivity contribution in [2.45, 2.75) is 47.0 Å². The highest BCUT2D eigenvalue weighted by Crippen LogP contribution is 2.33. The average molecular weight is 232 g/mol. The second-order valence-electron chi connectivity index (χ2n) is 5.92. The monoisotopic (exact) mass is 232 g/mol. The van der Waals surface area contributed by atoms with Gasteiger partial charge in [-0.25, -0.2) is 4.99 Å². The minimum atomic E-state index is 0.114. The van der Waals surface area contributed by atoms with Crippen molar-refractivity contribution in [2.24, 2.45) is 10.9 Å². The van der Waals surface area contributed by atoms with Crippen molar-refractivity contribution in [1.82, 2.24) is 4.98 Å². The standard InChI is InChI=1S/C15H24N2/c1-10(2)11(3)8-12-13(15(4,5)6)9-17-14(12)16-7/h8-10,17H,7H2,1-6H3/b11-8+. The van der Waals surface area contributed by atoms with Crippen LogP contribution in [-0.4, -0.2) is 11.7 Å². The second kappa shape index (κ2) is 4.91. The maximum atomic E-state index is 4.07. The summed E-state index contributed by atoms with van der Waals surface area (Å²) < 4.78 is 0. The molecule has 0 bridgehead atoms. The molecule has 94 valence electrons. The number of rotatable bonds is 3. The lowest BCUT2D eigenvalue weighted by Gasteiger charge is -2.19. The zero-order valence-corrected chi connectivity index (χ0v) is 11.9. The summed E-state index contributed by atoms with van der Waals surface area (Å²) in [5, 5.41) is 0. The fourth-order valence-corrected chi connectivity index (χ4v) is 1.72. The number of aromatic amines is 1. The van der Waals surface area contributed by atoms with Gasteiger partial charge in [-0.1, -0.05) is 46.3 Å². The summed E-state index contributed by atoms with van der Waals surface area (Å²) in [6.07, 6.45) is 4.27. The van der Waals surface area contributed by atoms with Crippen molar-refractivity contribution in [1.29, 1.82) is 0 Å². The van der Waals surface area contributed by atoms with Crippen LogP contribution < -0.4 is 0 Å². The first kappa shape index (κ1) is 13.8. The number of hydrogen-bond donors (Lipinski definition) is 1. The average Bonchev–Trinajstić information content (AvgIpc) is 2.59. The third-order valence-corrected chi connectivity index (χ3v) is 3.15. The maximum Gasteiger partial charge on any atom is 0.136 e. The number of aromatic nitrogens is 1. The van der Waals surface area contributed by atoms with E-state index in [9.17, 15) is 0 Å². The Kier molecular flexibility index (Phi) is 3.97. The first-order valence-electron chi connectivity index (χ1n) is 6.14. The Bertz CT molecular complexity index is 428. The van der Waals surface area contributed by atoms with Crippen molar-refractivity contribution in [3.8, 4) is 0 Å². The van der Waals surface area contributed by atoms with Gasteiger partial charge in [0.25, 0.3) is 0 Å². The molecule has 0 aliphatic heterocycles. The highest BCUT2D eigenvalue weighted by Gasteiger charge is 2.20. The zero-order chi connectivity index (χ0) is 13.2. The molecule has 0 saturated carbocycles. The van der Waals surface area contributed by atoms with E-state index in [1.54, 1.807) is 0 Å². The van der Waals surface area contributed by atoms with Crippen LogP contribution in [0, 0.1) is 5.92 Å². The van der Waals surface area contributed by atoms with Gasteiger partial charge in [0.1, 0.15) is 5.82 Å². The molecular weight excluding hydrogens is 208 g/mol. The van der Waals surface area contributed by atoms with E-state index < -0.39 is 0 Å². The predicted molar refractivity (Wildman–Crippen MR) is 77.2 cm³/mol. The van der Waals surface area contributed by atoms with E-state index in [0.29, 0.717) is 5.92 Å². The summed E-state index contributed by atoms with van der Waals surface area (Å²) in [5.41, 5.74) is 3.95. The molecule has 1 aromatic heterocycles. The van der Waals surface area contributed by atoms with Gasteiger partial charge in [0.2, 0.25) is 0 Å². The van der Waals surface area contributed by atoms with E-state index >= 15 is 0 Å². The minimum absolute atomic E-state index is 0.114. The Morgan fingerprint density at radius 3 is 2.41 bits per heavy atom. The summed E-state index contributed by atoms with van der Waals surface area (Å²) in [6.45, 7) is 16.8. The van der Waals surface area contributed by atoms with E-state index in [0.717, 1.165) is 5.82 Å². The van der Waals surface area contributed by atoms with E-state index in [4.69, 9.17) is 0 Å². The topological polar surface area (TPSA) is 28.1 Å². The Hall–Kier alpha value is -1.31. The number of H-pyrrole nitrogens is 1. The Labute approximate surface area is 105 Å². The van der Waals surface area contributed by atoms with E-state index in [1.165, 1.54) is 16.7 Å². The fourth-order valence-electron chi connectivity index (χ4n) is 1.72. The molecule has 0 radical (unpaired) electrons. The molecule has 1 aromatic rings. The molecule has 17 heavy (non-hydrogen) atoms. The van der Waals surface area contributed by atoms with Crippen molar-refractivity contribution in [3.63, 3.8) is 0 Å². The van der Waals surface area contributed by atoms with Crippen molar-refractivity contribution in [3.05, 3.63) is 22.9 Å².